The molecule has 1 aromatic rings. The third-order valence-electron chi connectivity index (χ3n) is 1.16. The van der Waals surface area contributed by atoms with Crippen LogP contribution in [0.15, 0.2) is 21.7 Å². The normalized spacial score (nSPS) is 12.8. The van der Waals surface area contributed by atoms with E-state index in [1.165, 1.54) is 11.8 Å². The summed E-state index contributed by atoms with van der Waals surface area (Å²) in [7, 11) is 0. The highest BCUT2D eigenvalue weighted by atomic mass is 32.2. The Balaban J connectivity index is 2.50. The van der Waals surface area contributed by atoms with Gasteiger partial charge < -0.3 is 5.11 Å². The molecule has 0 aliphatic rings. The monoisotopic (exact) mass is 188 g/mol. The molecule has 1 aromatic heterocycles. The summed E-state index contributed by atoms with van der Waals surface area (Å²) >= 11 is 2.95. The van der Waals surface area contributed by atoms with Crippen LogP contribution in [0.5, 0.6) is 0 Å². The van der Waals surface area contributed by atoms with Gasteiger partial charge in [0.15, 0.2) is 0 Å². The molecule has 0 aliphatic carbocycles. The molecule has 0 saturated heterocycles. The number of carboxylic acid groups (broad SMARTS) is 1. The fraction of sp³-hybridized carbons (Fsp3) is 0.286. The zero-order chi connectivity index (χ0) is 8.27. The van der Waals surface area contributed by atoms with Crippen molar-refractivity contribution in [1.29, 1.82) is 0 Å². The van der Waals surface area contributed by atoms with E-state index in [0.29, 0.717) is 0 Å². The van der Waals surface area contributed by atoms with Gasteiger partial charge in [-0.05, 0) is 18.4 Å². The lowest BCUT2D eigenvalue weighted by molar-refractivity contribution is -0.136. The second-order valence-electron chi connectivity index (χ2n) is 2.06. The molecular weight excluding hydrogens is 180 g/mol. The Bertz CT molecular complexity index is 231. The fourth-order valence-electron chi connectivity index (χ4n) is 0.574. The molecule has 1 atom stereocenters. The third kappa shape index (κ3) is 2.55. The molecule has 4 heteroatoms. The third-order valence-corrected chi connectivity index (χ3v) is 3.07. The Morgan fingerprint density at radius 3 is 3.00 bits per heavy atom. The molecule has 0 amide bonds. The smallest absolute Gasteiger partial charge is 0.316 e. The number of hydrogen-bond acceptors (Lipinski definition) is 3. The van der Waals surface area contributed by atoms with Gasteiger partial charge in [0.25, 0.3) is 0 Å². The van der Waals surface area contributed by atoms with E-state index in [1.54, 1.807) is 18.3 Å². The van der Waals surface area contributed by atoms with Crippen molar-refractivity contribution in [3.05, 3.63) is 16.8 Å². The number of aliphatic carboxylic acids is 1. The van der Waals surface area contributed by atoms with Gasteiger partial charge >= 0.3 is 5.97 Å². The summed E-state index contributed by atoms with van der Waals surface area (Å²) in [5, 5.41) is 12.1. The van der Waals surface area contributed by atoms with Crippen molar-refractivity contribution in [1.82, 2.24) is 0 Å². The molecule has 0 fully saturated rings. The highest BCUT2D eigenvalue weighted by Crippen LogP contribution is 2.24. The summed E-state index contributed by atoms with van der Waals surface area (Å²) in [4.78, 5) is 11.4. The van der Waals surface area contributed by atoms with E-state index in [9.17, 15) is 4.79 Å². The molecule has 0 radical (unpaired) electrons. The summed E-state index contributed by atoms with van der Waals surface area (Å²) in [5.74, 6) is -0.763. The molecule has 60 valence electrons. The molecular formula is C7H8O2S2. The average molecular weight is 188 g/mol. The molecule has 1 unspecified atom stereocenters. The lowest BCUT2D eigenvalue weighted by atomic mass is 10.5. The summed E-state index contributed by atoms with van der Waals surface area (Å²) < 4.78 is 0. The van der Waals surface area contributed by atoms with E-state index in [2.05, 4.69) is 0 Å². The molecule has 1 heterocycles. The van der Waals surface area contributed by atoms with Crippen LogP contribution in [0.2, 0.25) is 0 Å². The number of rotatable bonds is 3. The molecule has 0 saturated carbocycles. The Labute approximate surface area is 73.2 Å². The van der Waals surface area contributed by atoms with Crippen LogP contribution in [0.1, 0.15) is 6.92 Å². The number of thioether (sulfide) groups is 1. The summed E-state index contributed by atoms with van der Waals surface area (Å²) in [6.07, 6.45) is 0. The zero-order valence-corrected chi connectivity index (χ0v) is 7.61. The zero-order valence-electron chi connectivity index (χ0n) is 5.98. The van der Waals surface area contributed by atoms with Crippen molar-refractivity contribution >= 4 is 29.1 Å². The number of hydrogen-bond donors (Lipinski definition) is 1. The molecule has 11 heavy (non-hydrogen) atoms. The van der Waals surface area contributed by atoms with E-state index in [-0.39, 0.29) is 5.25 Å². The number of thiophene rings is 1. The quantitative estimate of drug-likeness (QED) is 0.740. The number of carbonyl (C=O) groups is 1. The predicted octanol–water partition coefficient (Wildman–Crippen LogP) is 2.31. The van der Waals surface area contributed by atoms with Gasteiger partial charge in [-0.3, -0.25) is 4.79 Å². The van der Waals surface area contributed by atoms with Gasteiger partial charge in [-0.15, -0.1) is 11.8 Å². The van der Waals surface area contributed by atoms with Gasteiger partial charge in [-0.2, -0.15) is 11.3 Å². The second-order valence-corrected chi connectivity index (χ2v) is 4.25. The van der Waals surface area contributed by atoms with E-state index in [0.717, 1.165) is 4.90 Å². The molecule has 1 N–H and O–H groups in total. The maximum Gasteiger partial charge on any atom is 0.316 e. The van der Waals surface area contributed by atoms with Crippen LogP contribution in [0, 0.1) is 0 Å². The molecule has 1 rings (SSSR count). The summed E-state index contributed by atoms with van der Waals surface area (Å²) in [5.41, 5.74) is 0. The lowest BCUT2D eigenvalue weighted by Crippen LogP contribution is -2.10. The topological polar surface area (TPSA) is 37.3 Å². The van der Waals surface area contributed by atoms with Crippen LogP contribution in [-0.4, -0.2) is 16.3 Å². The van der Waals surface area contributed by atoms with E-state index in [1.807, 2.05) is 16.8 Å². The molecule has 0 bridgehead atoms. The van der Waals surface area contributed by atoms with Gasteiger partial charge in [0.1, 0.15) is 5.25 Å². The highest BCUT2D eigenvalue weighted by molar-refractivity contribution is 8.00. The summed E-state index contributed by atoms with van der Waals surface area (Å²) in [6.45, 7) is 1.69. The number of carboxylic acids is 1. The van der Waals surface area contributed by atoms with Crippen LogP contribution in [0.4, 0.5) is 0 Å². The van der Waals surface area contributed by atoms with Crippen LogP contribution in [-0.2, 0) is 4.79 Å². The van der Waals surface area contributed by atoms with Gasteiger partial charge in [-0.1, -0.05) is 0 Å². The highest BCUT2D eigenvalue weighted by Gasteiger charge is 2.11. The van der Waals surface area contributed by atoms with E-state index in [4.69, 9.17) is 5.11 Å². The molecule has 0 aromatic carbocycles. The van der Waals surface area contributed by atoms with Crippen LogP contribution in [0.3, 0.4) is 0 Å². The average Bonchev–Trinajstić information content (AvgIpc) is 2.39. The first kappa shape index (κ1) is 8.62. The van der Waals surface area contributed by atoms with Crippen molar-refractivity contribution in [2.24, 2.45) is 0 Å². The Morgan fingerprint density at radius 2 is 2.55 bits per heavy atom. The molecule has 0 aliphatic heterocycles. The van der Waals surface area contributed by atoms with Crippen molar-refractivity contribution in [3.8, 4) is 0 Å². The lowest BCUT2D eigenvalue weighted by Gasteiger charge is -2.01. The van der Waals surface area contributed by atoms with Crippen LogP contribution >= 0.6 is 23.1 Å². The fourth-order valence-corrected chi connectivity index (χ4v) is 2.22. The minimum Gasteiger partial charge on any atom is -0.480 e. The maximum absolute atomic E-state index is 10.4. The first-order valence-corrected chi connectivity index (χ1v) is 4.94. The Hall–Kier alpha value is -0.480. The molecule has 0 spiro atoms. The second kappa shape index (κ2) is 3.78. The van der Waals surface area contributed by atoms with Gasteiger partial charge in [0.05, 0.1) is 0 Å². The standard InChI is InChI=1S/C7H8O2S2/c1-5(7(8)9)11-6-2-3-10-4-6/h2-5H,1H3,(H,8,9). The summed E-state index contributed by atoms with van der Waals surface area (Å²) in [6, 6.07) is 1.93. The van der Waals surface area contributed by atoms with Crippen molar-refractivity contribution in [2.75, 3.05) is 0 Å². The minimum absolute atomic E-state index is 0.357. The minimum atomic E-state index is -0.763. The van der Waals surface area contributed by atoms with Crippen molar-refractivity contribution < 1.29 is 9.90 Å². The Kier molecular flexibility index (Phi) is 2.96. The van der Waals surface area contributed by atoms with E-state index < -0.39 is 5.97 Å². The first-order valence-electron chi connectivity index (χ1n) is 3.12. The van der Waals surface area contributed by atoms with Gasteiger partial charge in [0, 0.05) is 10.3 Å². The Morgan fingerprint density at radius 1 is 1.82 bits per heavy atom. The van der Waals surface area contributed by atoms with Crippen LogP contribution < -0.4 is 0 Å². The van der Waals surface area contributed by atoms with Gasteiger partial charge in [-0.25, -0.2) is 0 Å². The first-order chi connectivity index (χ1) is 5.20. The van der Waals surface area contributed by atoms with Crippen molar-refractivity contribution in [2.45, 2.75) is 17.1 Å². The SMILES string of the molecule is CC(Sc1ccsc1)C(=O)O. The predicted molar refractivity (Wildman–Crippen MR) is 47.3 cm³/mol. The largest absolute Gasteiger partial charge is 0.480 e. The molecule has 2 nitrogen and oxygen atoms in total. The van der Waals surface area contributed by atoms with Crippen LogP contribution in [0.25, 0.3) is 0 Å². The maximum atomic E-state index is 10.4. The van der Waals surface area contributed by atoms with Crippen molar-refractivity contribution in [3.63, 3.8) is 0 Å². The van der Waals surface area contributed by atoms with E-state index >= 15 is 0 Å². The van der Waals surface area contributed by atoms with Gasteiger partial charge in [0.2, 0.25) is 0 Å².